The smallest absolute Gasteiger partial charge is 0.252 e. The van der Waals surface area contributed by atoms with E-state index in [0.29, 0.717) is 23.7 Å². The van der Waals surface area contributed by atoms with Crippen LogP contribution in [0.4, 0.5) is 11.4 Å². The number of benzene rings is 2. The minimum atomic E-state index is -4.28. The first-order chi connectivity index (χ1) is 17.1. The number of sulfonamides is 1. The van der Waals surface area contributed by atoms with E-state index in [0.717, 1.165) is 9.21 Å². The van der Waals surface area contributed by atoms with Crippen LogP contribution in [0.25, 0.3) is 0 Å². The van der Waals surface area contributed by atoms with Crippen LogP contribution in [-0.4, -0.2) is 70.1 Å². The van der Waals surface area contributed by atoms with Gasteiger partial charge >= 0.3 is 0 Å². The van der Waals surface area contributed by atoms with Crippen molar-refractivity contribution in [3.05, 3.63) is 48.5 Å². The molecule has 0 aliphatic carbocycles. The van der Waals surface area contributed by atoms with Crippen molar-refractivity contribution in [3.63, 3.8) is 0 Å². The molecule has 3 amide bonds. The van der Waals surface area contributed by atoms with E-state index in [9.17, 15) is 22.8 Å². The lowest BCUT2D eigenvalue weighted by atomic mass is 10.2. The number of imide groups is 1. The first-order valence-corrected chi connectivity index (χ1v) is 12.6. The highest BCUT2D eigenvalue weighted by atomic mass is 32.2. The Morgan fingerprint density at radius 3 is 2.22 bits per heavy atom. The molecular formula is C24H29N3O8S. The van der Waals surface area contributed by atoms with Crippen LogP contribution in [0.15, 0.2) is 53.4 Å². The standard InChI is InChI=1S/C24H29N3O8S/c1-5-35-19-10-8-18(9-11-19)27-22(29)14-21(24(27)30)26(15-23(33-3)34-4)36(31,32)20-12-6-17(7-13-20)25-16(2)28/h6-13,21,23H,5,14-15H2,1-4H3,(H,25,28). The van der Waals surface area contributed by atoms with Crippen molar-refractivity contribution in [1.82, 2.24) is 4.31 Å². The number of nitrogens with zero attached hydrogens (tertiary/aromatic N) is 2. The number of hydrogen-bond donors (Lipinski definition) is 1. The van der Waals surface area contributed by atoms with Crippen LogP contribution in [0, 0.1) is 0 Å². The summed E-state index contributed by atoms with van der Waals surface area (Å²) in [6, 6.07) is 10.6. The fourth-order valence-corrected chi connectivity index (χ4v) is 5.37. The molecule has 36 heavy (non-hydrogen) atoms. The lowest BCUT2D eigenvalue weighted by Gasteiger charge is -2.29. The molecule has 12 heteroatoms. The molecule has 1 aliphatic rings. The summed E-state index contributed by atoms with van der Waals surface area (Å²) in [5.74, 6) is -0.957. The maximum Gasteiger partial charge on any atom is 0.252 e. The van der Waals surface area contributed by atoms with Gasteiger partial charge in [0.1, 0.15) is 11.8 Å². The largest absolute Gasteiger partial charge is 0.494 e. The molecule has 11 nitrogen and oxygen atoms in total. The van der Waals surface area contributed by atoms with E-state index in [1.165, 1.54) is 45.4 Å². The molecule has 1 fully saturated rings. The molecule has 1 aliphatic heterocycles. The molecule has 0 saturated carbocycles. The predicted molar refractivity (Wildman–Crippen MR) is 131 cm³/mol. The van der Waals surface area contributed by atoms with E-state index >= 15 is 0 Å². The summed E-state index contributed by atoms with van der Waals surface area (Å²) in [5.41, 5.74) is 0.719. The zero-order valence-corrected chi connectivity index (χ0v) is 21.3. The van der Waals surface area contributed by atoms with Crippen LogP contribution in [0.5, 0.6) is 5.75 Å². The van der Waals surface area contributed by atoms with Crippen LogP contribution in [-0.2, 0) is 33.9 Å². The topological polar surface area (TPSA) is 132 Å². The molecule has 1 unspecified atom stereocenters. The second-order valence-electron chi connectivity index (χ2n) is 7.90. The lowest BCUT2D eigenvalue weighted by molar-refractivity contribution is -0.126. The zero-order chi connectivity index (χ0) is 26.5. The van der Waals surface area contributed by atoms with Crippen LogP contribution in [0.3, 0.4) is 0 Å². The van der Waals surface area contributed by atoms with E-state index in [1.807, 2.05) is 6.92 Å². The Morgan fingerprint density at radius 1 is 1.08 bits per heavy atom. The van der Waals surface area contributed by atoms with Crippen molar-refractivity contribution >= 4 is 39.1 Å². The number of amides is 3. The van der Waals surface area contributed by atoms with Gasteiger partial charge in [-0.05, 0) is 55.5 Å². The molecule has 1 saturated heterocycles. The highest BCUT2D eigenvalue weighted by Crippen LogP contribution is 2.31. The fourth-order valence-electron chi connectivity index (χ4n) is 3.80. The number of ether oxygens (including phenoxy) is 3. The van der Waals surface area contributed by atoms with E-state index in [4.69, 9.17) is 14.2 Å². The summed E-state index contributed by atoms with van der Waals surface area (Å²) in [4.78, 5) is 38.4. The summed E-state index contributed by atoms with van der Waals surface area (Å²) in [6.07, 6.45) is -1.34. The van der Waals surface area contributed by atoms with Gasteiger partial charge in [-0.2, -0.15) is 4.31 Å². The molecule has 0 bridgehead atoms. The summed E-state index contributed by atoms with van der Waals surface area (Å²) < 4.78 is 44.0. The molecule has 0 radical (unpaired) electrons. The van der Waals surface area contributed by atoms with Crippen molar-refractivity contribution in [1.29, 1.82) is 0 Å². The first kappa shape index (κ1) is 27.3. The van der Waals surface area contributed by atoms with Gasteiger partial charge in [-0.3, -0.25) is 14.4 Å². The van der Waals surface area contributed by atoms with Crippen molar-refractivity contribution in [3.8, 4) is 5.75 Å². The predicted octanol–water partition coefficient (Wildman–Crippen LogP) is 1.99. The van der Waals surface area contributed by atoms with Gasteiger partial charge in [-0.1, -0.05) is 0 Å². The van der Waals surface area contributed by atoms with Crippen molar-refractivity contribution in [2.45, 2.75) is 37.5 Å². The SMILES string of the molecule is CCOc1ccc(N2C(=O)CC(N(CC(OC)OC)S(=O)(=O)c3ccc(NC(C)=O)cc3)C2=O)cc1. The minimum Gasteiger partial charge on any atom is -0.494 e. The average molecular weight is 520 g/mol. The Labute approximate surface area is 210 Å². The van der Waals surface area contributed by atoms with Gasteiger partial charge in [-0.15, -0.1) is 0 Å². The number of carbonyl (C=O) groups excluding carboxylic acids is 3. The first-order valence-electron chi connectivity index (χ1n) is 11.2. The molecule has 0 spiro atoms. The average Bonchev–Trinajstić information content (AvgIpc) is 3.13. The number of methoxy groups -OCH3 is 2. The van der Waals surface area contributed by atoms with Gasteiger partial charge in [0, 0.05) is 26.8 Å². The minimum absolute atomic E-state index is 0.123. The third-order valence-electron chi connectivity index (χ3n) is 5.51. The van der Waals surface area contributed by atoms with E-state index in [2.05, 4.69) is 5.32 Å². The fraction of sp³-hybridized carbons (Fsp3) is 0.375. The Bertz CT molecular complexity index is 1190. The molecule has 3 rings (SSSR count). The van der Waals surface area contributed by atoms with Crippen molar-refractivity contribution in [2.24, 2.45) is 0 Å². The normalized spacial score (nSPS) is 16.2. The lowest BCUT2D eigenvalue weighted by Crippen LogP contribution is -2.49. The van der Waals surface area contributed by atoms with Crippen molar-refractivity contribution in [2.75, 3.05) is 37.6 Å². The molecule has 0 aromatic heterocycles. The van der Waals surface area contributed by atoms with Crippen LogP contribution >= 0.6 is 0 Å². The Hall–Kier alpha value is -3.32. The maximum atomic E-state index is 13.7. The maximum absolute atomic E-state index is 13.7. The number of anilines is 2. The van der Waals surface area contributed by atoms with Crippen LogP contribution in [0.1, 0.15) is 20.3 Å². The Kier molecular flexibility index (Phi) is 8.79. The van der Waals surface area contributed by atoms with Gasteiger partial charge in [-0.25, -0.2) is 13.3 Å². The van der Waals surface area contributed by atoms with Gasteiger partial charge in [0.2, 0.25) is 21.8 Å². The van der Waals surface area contributed by atoms with Crippen LogP contribution < -0.4 is 15.0 Å². The third kappa shape index (κ3) is 5.90. The number of hydrogen-bond acceptors (Lipinski definition) is 8. The summed E-state index contributed by atoms with van der Waals surface area (Å²) in [6.45, 7) is 3.30. The molecule has 2 aromatic rings. The zero-order valence-electron chi connectivity index (χ0n) is 20.5. The van der Waals surface area contributed by atoms with E-state index in [-0.39, 0.29) is 23.8 Å². The summed E-state index contributed by atoms with van der Waals surface area (Å²) in [5, 5.41) is 2.57. The molecule has 1 N–H and O–H groups in total. The highest BCUT2D eigenvalue weighted by molar-refractivity contribution is 7.89. The second-order valence-corrected chi connectivity index (χ2v) is 9.79. The summed E-state index contributed by atoms with van der Waals surface area (Å²) >= 11 is 0. The number of rotatable bonds is 11. The van der Waals surface area contributed by atoms with E-state index < -0.39 is 34.2 Å². The molecule has 194 valence electrons. The number of nitrogens with one attached hydrogen (secondary N) is 1. The second kappa shape index (κ2) is 11.6. The monoisotopic (exact) mass is 519 g/mol. The van der Waals surface area contributed by atoms with Gasteiger partial charge in [0.15, 0.2) is 6.29 Å². The molecule has 1 heterocycles. The van der Waals surface area contributed by atoms with Gasteiger partial charge in [0.25, 0.3) is 5.91 Å². The van der Waals surface area contributed by atoms with Gasteiger partial charge < -0.3 is 19.5 Å². The van der Waals surface area contributed by atoms with Crippen molar-refractivity contribution < 1.29 is 37.0 Å². The molecule has 1 atom stereocenters. The van der Waals surface area contributed by atoms with Gasteiger partial charge in [0.05, 0.1) is 30.2 Å². The van der Waals surface area contributed by atoms with Crippen LogP contribution in [0.2, 0.25) is 0 Å². The molecule has 2 aromatic carbocycles. The summed E-state index contributed by atoms with van der Waals surface area (Å²) in [7, 11) is -1.60. The highest BCUT2D eigenvalue weighted by Gasteiger charge is 2.47. The molecular weight excluding hydrogens is 490 g/mol. The Balaban J connectivity index is 1.96. The Morgan fingerprint density at radius 2 is 1.69 bits per heavy atom. The quantitative estimate of drug-likeness (QED) is 0.352. The third-order valence-corrected chi connectivity index (χ3v) is 7.40. The number of carbonyl (C=O) groups is 3. The van der Waals surface area contributed by atoms with E-state index in [1.54, 1.807) is 24.3 Å².